The van der Waals surface area contributed by atoms with Crippen molar-refractivity contribution >= 4 is 11.8 Å². The minimum absolute atomic E-state index is 0.0339. The SMILES string of the molecule is O=C(NCCC(=O)N1CCOC[C@H](CO)C1)c1ccccc1F. The minimum atomic E-state index is -0.591. The predicted octanol–water partition coefficient (Wildman–Crippen LogP) is 0.413. The highest BCUT2D eigenvalue weighted by Crippen LogP contribution is 2.08. The third-order valence-corrected chi connectivity index (χ3v) is 3.69. The molecular formula is C16H21FN2O4. The Kier molecular flexibility index (Phi) is 6.49. The van der Waals surface area contributed by atoms with Gasteiger partial charge in [0, 0.05) is 38.6 Å². The zero-order chi connectivity index (χ0) is 16.7. The van der Waals surface area contributed by atoms with Gasteiger partial charge >= 0.3 is 0 Å². The van der Waals surface area contributed by atoms with Crippen LogP contribution in [0.1, 0.15) is 16.8 Å². The number of rotatable bonds is 5. The quantitative estimate of drug-likeness (QED) is 0.822. The molecule has 6 nitrogen and oxygen atoms in total. The summed E-state index contributed by atoms with van der Waals surface area (Å²) in [6, 6.07) is 5.70. The van der Waals surface area contributed by atoms with Crippen LogP contribution >= 0.6 is 0 Å². The number of benzene rings is 1. The number of aliphatic hydroxyl groups is 1. The highest BCUT2D eigenvalue weighted by atomic mass is 19.1. The number of halogens is 1. The molecule has 0 radical (unpaired) electrons. The number of hydrogen-bond donors (Lipinski definition) is 2. The van der Waals surface area contributed by atoms with E-state index >= 15 is 0 Å². The van der Waals surface area contributed by atoms with Crippen molar-refractivity contribution in [2.45, 2.75) is 6.42 Å². The van der Waals surface area contributed by atoms with Crippen LogP contribution in [0.5, 0.6) is 0 Å². The van der Waals surface area contributed by atoms with Gasteiger partial charge in [-0.05, 0) is 12.1 Å². The summed E-state index contributed by atoms with van der Waals surface area (Å²) in [6.45, 7) is 1.88. The summed E-state index contributed by atoms with van der Waals surface area (Å²) in [4.78, 5) is 25.6. The molecule has 0 saturated carbocycles. The number of amides is 2. The molecule has 1 heterocycles. The van der Waals surface area contributed by atoms with Gasteiger partial charge in [0.1, 0.15) is 5.82 Å². The minimum Gasteiger partial charge on any atom is -0.396 e. The molecule has 1 atom stereocenters. The molecule has 0 aromatic heterocycles. The van der Waals surface area contributed by atoms with Gasteiger partial charge in [0.25, 0.3) is 5.91 Å². The van der Waals surface area contributed by atoms with E-state index in [1.165, 1.54) is 18.2 Å². The standard InChI is InChI=1S/C16H21FN2O4/c17-14-4-2-1-3-13(14)16(22)18-6-5-15(21)19-7-8-23-11-12(9-19)10-20/h1-4,12,20H,5-11H2,(H,18,22)/t12-/m0/s1. The Morgan fingerprint density at radius 3 is 2.91 bits per heavy atom. The van der Waals surface area contributed by atoms with Crippen molar-refractivity contribution < 1.29 is 23.8 Å². The Hall–Kier alpha value is -1.99. The summed E-state index contributed by atoms with van der Waals surface area (Å²) in [5, 5.41) is 11.7. The van der Waals surface area contributed by atoms with E-state index in [1.54, 1.807) is 11.0 Å². The van der Waals surface area contributed by atoms with Crippen molar-refractivity contribution in [3.05, 3.63) is 35.6 Å². The van der Waals surface area contributed by atoms with E-state index < -0.39 is 11.7 Å². The van der Waals surface area contributed by atoms with Crippen LogP contribution < -0.4 is 5.32 Å². The summed E-state index contributed by atoms with van der Waals surface area (Å²) in [7, 11) is 0. The summed E-state index contributed by atoms with van der Waals surface area (Å²) < 4.78 is 18.8. The topological polar surface area (TPSA) is 78.9 Å². The van der Waals surface area contributed by atoms with Crippen LogP contribution in [0.25, 0.3) is 0 Å². The first-order valence-corrected chi connectivity index (χ1v) is 7.61. The molecule has 1 aliphatic heterocycles. The van der Waals surface area contributed by atoms with E-state index in [0.29, 0.717) is 26.3 Å². The smallest absolute Gasteiger partial charge is 0.254 e. The highest BCUT2D eigenvalue weighted by molar-refractivity contribution is 5.94. The lowest BCUT2D eigenvalue weighted by Crippen LogP contribution is -2.38. The summed E-state index contributed by atoms with van der Waals surface area (Å²) >= 11 is 0. The summed E-state index contributed by atoms with van der Waals surface area (Å²) in [5.74, 6) is -1.34. The fourth-order valence-electron chi connectivity index (χ4n) is 2.40. The Bertz CT molecular complexity index is 553. The van der Waals surface area contributed by atoms with E-state index in [9.17, 15) is 19.1 Å². The molecule has 126 valence electrons. The fraction of sp³-hybridized carbons (Fsp3) is 0.500. The first-order valence-electron chi connectivity index (χ1n) is 7.61. The average Bonchev–Trinajstić information content (AvgIpc) is 2.80. The number of hydrogen-bond acceptors (Lipinski definition) is 4. The van der Waals surface area contributed by atoms with Gasteiger partial charge in [-0.2, -0.15) is 0 Å². The Morgan fingerprint density at radius 2 is 2.17 bits per heavy atom. The molecule has 0 bridgehead atoms. The van der Waals surface area contributed by atoms with E-state index in [0.717, 1.165) is 0 Å². The van der Waals surface area contributed by atoms with E-state index in [4.69, 9.17) is 4.74 Å². The molecule has 1 aromatic rings. The van der Waals surface area contributed by atoms with Crippen molar-refractivity contribution in [2.24, 2.45) is 5.92 Å². The second kappa shape index (κ2) is 8.59. The molecule has 1 saturated heterocycles. The number of ether oxygens (including phenoxy) is 1. The maximum Gasteiger partial charge on any atom is 0.254 e. The van der Waals surface area contributed by atoms with Crippen molar-refractivity contribution in [2.75, 3.05) is 39.5 Å². The van der Waals surface area contributed by atoms with Gasteiger partial charge in [0.15, 0.2) is 0 Å². The third-order valence-electron chi connectivity index (χ3n) is 3.69. The maximum atomic E-state index is 13.5. The lowest BCUT2D eigenvalue weighted by molar-refractivity contribution is -0.131. The molecule has 0 unspecified atom stereocenters. The monoisotopic (exact) mass is 324 g/mol. The summed E-state index contributed by atoms with van der Waals surface area (Å²) in [5.41, 5.74) is -0.0385. The first kappa shape index (κ1) is 17.4. The van der Waals surface area contributed by atoms with Crippen LogP contribution in [0.3, 0.4) is 0 Å². The van der Waals surface area contributed by atoms with Crippen molar-refractivity contribution in [1.29, 1.82) is 0 Å². The van der Waals surface area contributed by atoms with Gasteiger partial charge in [-0.25, -0.2) is 4.39 Å². The highest BCUT2D eigenvalue weighted by Gasteiger charge is 2.22. The number of nitrogens with one attached hydrogen (secondary N) is 1. The Balaban J connectivity index is 1.80. The van der Waals surface area contributed by atoms with Gasteiger partial charge in [0.2, 0.25) is 5.91 Å². The number of nitrogens with zero attached hydrogens (tertiary/aromatic N) is 1. The van der Waals surface area contributed by atoms with Crippen LogP contribution in [0, 0.1) is 11.7 Å². The number of carbonyl (C=O) groups excluding carboxylic acids is 2. The molecule has 1 aliphatic rings. The average molecular weight is 324 g/mol. The lowest BCUT2D eigenvalue weighted by atomic mass is 10.1. The molecule has 23 heavy (non-hydrogen) atoms. The second-order valence-corrected chi connectivity index (χ2v) is 5.45. The van der Waals surface area contributed by atoms with Gasteiger partial charge in [0.05, 0.1) is 18.8 Å². The van der Waals surface area contributed by atoms with Gasteiger partial charge in [-0.3, -0.25) is 9.59 Å². The predicted molar refractivity (Wildman–Crippen MR) is 81.3 cm³/mol. The Morgan fingerprint density at radius 1 is 1.39 bits per heavy atom. The van der Waals surface area contributed by atoms with Crippen LogP contribution in [0.2, 0.25) is 0 Å². The van der Waals surface area contributed by atoms with E-state index in [1.807, 2.05) is 0 Å². The zero-order valence-electron chi connectivity index (χ0n) is 12.8. The molecular weight excluding hydrogens is 303 g/mol. The van der Waals surface area contributed by atoms with E-state index in [2.05, 4.69) is 5.32 Å². The van der Waals surface area contributed by atoms with Crippen LogP contribution in [0.4, 0.5) is 4.39 Å². The van der Waals surface area contributed by atoms with Crippen LogP contribution in [0.15, 0.2) is 24.3 Å². The molecule has 2 rings (SSSR count). The van der Waals surface area contributed by atoms with Crippen LogP contribution in [-0.4, -0.2) is 61.3 Å². The van der Waals surface area contributed by atoms with Crippen molar-refractivity contribution in [3.8, 4) is 0 Å². The molecule has 0 aliphatic carbocycles. The molecule has 1 fully saturated rings. The third kappa shape index (κ3) is 5.01. The zero-order valence-corrected chi connectivity index (χ0v) is 12.8. The normalized spacial score (nSPS) is 18.3. The van der Waals surface area contributed by atoms with Gasteiger partial charge in [-0.15, -0.1) is 0 Å². The van der Waals surface area contributed by atoms with Crippen molar-refractivity contribution in [3.63, 3.8) is 0 Å². The lowest BCUT2D eigenvalue weighted by Gasteiger charge is -2.22. The second-order valence-electron chi connectivity index (χ2n) is 5.45. The molecule has 0 spiro atoms. The van der Waals surface area contributed by atoms with Crippen molar-refractivity contribution in [1.82, 2.24) is 10.2 Å². The van der Waals surface area contributed by atoms with Gasteiger partial charge < -0.3 is 20.1 Å². The number of aliphatic hydroxyl groups excluding tert-OH is 1. The molecule has 7 heteroatoms. The van der Waals surface area contributed by atoms with Crippen LogP contribution in [-0.2, 0) is 9.53 Å². The maximum absolute atomic E-state index is 13.5. The molecule has 2 N–H and O–H groups in total. The largest absolute Gasteiger partial charge is 0.396 e. The van der Waals surface area contributed by atoms with Gasteiger partial charge in [-0.1, -0.05) is 12.1 Å². The Labute approximate surface area is 134 Å². The first-order chi connectivity index (χ1) is 11.1. The molecule has 2 amide bonds. The fourth-order valence-corrected chi connectivity index (χ4v) is 2.40. The summed E-state index contributed by atoms with van der Waals surface area (Å²) in [6.07, 6.45) is 0.123. The molecule has 1 aromatic carbocycles. The number of carbonyl (C=O) groups is 2. The van der Waals surface area contributed by atoms with E-state index in [-0.39, 0.29) is 37.0 Å².